The molecule has 0 aliphatic heterocycles. The molecule has 1 aromatic rings. The summed E-state index contributed by atoms with van der Waals surface area (Å²) in [5.41, 5.74) is 2.02. The van der Waals surface area contributed by atoms with Crippen LogP contribution >= 0.6 is 0 Å². The number of hydrogen-bond donors (Lipinski definition) is 0. The summed E-state index contributed by atoms with van der Waals surface area (Å²) >= 11 is 0. The molecule has 1 aliphatic rings. The quantitative estimate of drug-likeness (QED) is 0.556. The highest BCUT2D eigenvalue weighted by atomic mass is 19.1. The Balaban J connectivity index is 2.04. The van der Waals surface area contributed by atoms with Crippen LogP contribution in [0.3, 0.4) is 0 Å². The Morgan fingerprint density at radius 1 is 1.10 bits per heavy atom. The van der Waals surface area contributed by atoms with Gasteiger partial charge in [0, 0.05) is 5.92 Å². The summed E-state index contributed by atoms with van der Waals surface area (Å²) < 4.78 is 14.3. The maximum atomic E-state index is 14.3. The number of rotatable bonds is 6. The zero-order valence-corrected chi connectivity index (χ0v) is 12.9. The van der Waals surface area contributed by atoms with Gasteiger partial charge in [-0.25, -0.2) is 4.39 Å². The van der Waals surface area contributed by atoms with Crippen LogP contribution in [0.15, 0.2) is 30.4 Å². The standard InChI is InChI=1S/C19H27F/c1-3-5-7-16-10-13-18(19(20)14-16)17-11-8-15(6-4-2)9-12-17/h8,10-11,13-15,17H,3-7,9,12H2,1-2H3. The van der Waals surface area contributed by atoms with Crippen molar-refractivity contribution in [3.8, 4) is 0 Å². The first-order chi connectivity index (χ1) is 9.74. The first kappa shape index (κ1) is 15.3. The summed E-state index contributed by atoms with van der Waals surface area (Å²) in [5.74, 6) is 0.980. The van der Waals surface area contributed by atoms with Gasteiger partial charge in [-0.3, -0.25) is 0 Å². The van der Waals surface area contributed by atoms with Gasteiger partial charge in [0.25, 0.3) is 0 Å². The van der Waals surface area contributed by atoms with E-state index in [2.05, 4.69) is 32.1 Å². The molecule has 0 saturated carbocycles. The van der Waals surface area contributed by atoms with Gasteiger partial charge in [0.15, 0.2) is 0 Å². The highest BCUT2D eigenvalue weighted by molar-refractivity contribution is 5.31. The first-order valence-corrected chi connectivity index (χ1v) is 8.21. The molecule has 0 aromatic heterocycles. The average Bonchev–Trinajstić information content (AvgIpc) is 2.47. The second-order valence-corrected chi connectivity index (χ2v) is 6.08. The van der Waals surface area contributed by atoms with Crippen molar-refractivity contribution in [3.05, 3.63) is 47.3 Å². The Bertz CT molecular complexity index is 447. The zero-order valence-electron chi connectivity index (χ0n) is 12.9. The van der Waals surface area contributed by atoms with Crippen molar-refractivity contribution in [1.82, 2.24) is 0 Å². The van der Waals surface area contributed by atoms with Crippen molar-refractivity contribution in [2.45, 2.75) is 64.7 Å². The molecule has 0 bridgehead atoms. The van der Waals surface area contributed by atoms with E-state index in [0.717, 1.165) is 36.8 Å². The predicted octanol–water partition coefficient (Wildman–Crippen LogP) is 6.02. The van der Waals surface area contributed by atoms with Crippen molar-refractivity contribution in [2.75, 3.05) is 0 Å². The van der Waals surface area contributed by atoms with Gasteiger partial charge in [-0.1, -0.05) is 51.0 Å². The van der Waals surface area contributed by atoms with E-state index in [1.807, 2.05) is 6.07 Å². The van der Waals surface area contributed by atoms with Crippen LogP contribution in [0, 0.1) is 11.7 Å². The van der Waals surface area contributed by atoms with Gasteiger partial charge >= 0.3 is 0 Å². The van der Waals surface area contributed by atoms with Crippen LogP contribution in [-0.4, -0.2) is 0 Å². The first-order valence-electron chi connectivity index (χ1n) is 8.21. The Morgan fingerprint density at radius 2 is 1.95 bits per heavy atom. The topological polar surface area (TPSA) is 0 Å². The van der Waals surface area contributed by atoms with Gasteiger partial charge in [-0.05, 0) is 55.2 Å². The molecule has 0 amide bonds. The van der Waals surface area contributed by atoms with Crippen molar-refractivity contribution < 1.29 is 4.39 Å². The van der Waals surface area contributed by atoms with Crippen LogP contribution in [0.5, 0.6) is 0 Å². The van der Waals surface area contributed by atoms with Gasteiger partial charge in [0.1, 0.15) is 5.82 Å². The molecule has 0 N–H and O–H groups in total. The minimum Gasteiger partial charge on any atom is -0.207 e. The fourth-order valence-corrected chi connectivity index (χ4v) is 3.16. The van der Waals surface area contributed by atoms with Crippen molar-refractivity contribution >= 4 is 0 Å². The SMILES string of the molecule is CCCCc1ccc(C2C=CC(CCC)CC2)c(F)c1. The molecule has 0 nitrogen and oxygen atoms in total. The number of unbranched alkanes of at least 4 members (excludes halogenated alkanes) is 1. The summed E-state index contributed by atoms with van der Waals surface area (Å²) in [6, 6.07) is 5.87. The highest BCUT2D eigenvalue weighted by Crippen LogP contribution is 2.33. The lowest BCUT2D eigenvalue weighted by atomic mass is 9.82. The minimum absolute atomic E-state index is 0.0119. The smallest absolute Gasteiger partial charge is 0.127 e. The molecule has 2 atom stereocenters. The van der Waals surface area contributed by atoms with Gasteiger partial charge in [0.2, 0.25) is 0 Å². The van der Waals surface area contributed by atoms with E-state index >= 15 is 0 Å². The largest absolute Gasteiger partial charge is 0.207 e. The van der Waals surface area contributed by atoms with E-state index in [4.69, 9.17) is 0 Å². The van der Waals surface area contributed by atoms with Gasteiger partial charge in [-0.15, -0.1) is 0 Å². The summed E-state index contributed by atoms with van der Waals surface area (Å²) in [5, 5.41) is 0. The second kappa shape index (κ2) is 7.61. The third-order valence-electron chi connectivity index (χ3n) is 4.41. The Labute approximate surface area is 123 Å². The van der Waals surface area contributed by atoms with Gasteiger partial charge < -0.3 is 0 Å². The summed E-state index contributed by atoms with van der Waals surface area (Å²) in [6.07, 6.45) is 12.6. The Morgan fingerprint density at radius 3 is 2.55 bits per heavy atom. The van der Waals surface area contributed by atoms with E-state index in [0.29, 0.717) is 5.92 Å². The molecule has 0 radical (unpaired) electrons. The molecule has 0 heterocycles. The second-order valence-electron chi connectivity index (χ2n) is 6.08. The van der Waals surface area contributed by atoms with Gasteiger partial charge in [0.05, 0.1) is 0 Å². The molecule has 1 aliphatic carbocycles. The normalized spacial score (nSPS) is 22.1. The van der Waals surface area contributed by atoms with Crippen molar-refractivity contribution in [3.63, 3.8) is 0 Å². The molecule has 0 saturated heterocycles. The molecule has 0 fully saturated rings. The van der Waals surface area contributed by atoms with E-state index < -0.39 is 0 Å². The summed E-state index contributed by atoms with van der Waals surface area (Å²) in [7, 11) is 0. The molecular formula is C19H27F. The maximum Gasteiger partial charge on any atom is 0.127 e. The lowest BCUT2D eigenvalue weighted by Gasteiger charge is -2.23. The molecule has 2 unspecified atom stereocenters. The van der Waals surface area contributed by atoms with Crippen molar-refractivity contribution in [2.24, 2.45) is 5.92 Å². The lowest BCUT2D eigenvalue weighted by molar-refractivity contribution is 0.469. The van der Waals surface area contributed by atoms with E-state index in [1.165, 1.54) is 19.3 Å². The Kier molecular flexibility index (Phi) is 5.82. The van der Waals surface area contributed by atoms with Crippen molar-refractivity contribution in [1.29, 1.82) is 0 Å². The summed E-state index contributed by atoms with van der Waals surface area (Å²) in [4.78, 5) is 0. The zero-order chi connectivity index (χ0) is 14.4. The van der Waals surface area contributed by atoms with Crippen LogP contribution in [0.2, 0.25) is 0 Å². The monoisotopic (exact) mass is 274 g/mol. The molecule has 2 rings (SSSR count). The molecule has 20 heavy (non-hydrogen) atoms. The number of allylic oxidation sites excluding steroid dienone is 2. The molecule has 1 heteroatoms. The molecule has 1 aromatic carbocycles. The third-order valence-corrected chi connectivity index (χ3v) is 4.41. The number of halogens is 1. The molecule has 110 valence electrons. The fraction of sp³-hybridized carbons (Fsp3) is 0.579. The maximum absolute atomic E-state index is 14.3. The molecule has 0 spiro atoms. The number of aryl methyl sites for hydroxylation is 1. The highest BCUT2D eigenvalue weighted by Gasteiger charge is 2.19. The van der Waals surface area contributed by atoms with Crippen LogP contribution in [0.1, 0.15) is 69.4 Å². The summed E-state index contributed by atoms with van der Waals surface area (Å²) in [6.45, 7) is 4.40. The van der Waals surface area contributed by atoms with Crippen LogP contribution in [-0.2, 0) is 6.42 Å². The van der Waals surface area contributed by atoms with Gasteiger partial charge in [-0.2, -0.15) is 0 Å². The predicted molar refractivity (Wildman–Crippen MR) is 84.5 cm³/mol. The lowest BCUT2D eigenvalue weighted by Crippen LogP contribution is -2.09. The van der Waals surface area contributed by atoms with Crippen LogP contribution < -0.4 is 0 Å². The van der Waals surface area contributed by atoms with E-state index in [-0.39, 0.29) is 11.7 Å². The van der Waals surface area contributed by atoms with E-state index in [9.17, 15) is 4.39 Å². The van der Waals surface area contributed by atoms with E-state index in [1.54, 1.807) is 6.07 Å². The average molecular weight is 274 g/mol. The third kappa shape index (κ3) is 3.94. The van der Waals surface area contributed by atoms with Crippen LogP contribution in [0.25, 0.3) is 0 Å². The number of hydrogen-bond acceptors (Lipinski definition) is 0. The fourth-order valence-electron chi connectivity index (χ4n) is 3.16. The minimum atomic E-state index is -0.0119. The number of benzene rings is 1. The van der Waals surface area contributed by atoms with Crippen LogP contribution in [0.4, 0.5) is 4.39 Å². The Hall–Kier alpha value is -1.11. The molecular weight excluding hydrogens is 247 g/mol.